The molecule has 11 aromatic rings. The summed E-state index contributed by atoms with van der Waals surface area (Å²) in [5, 5.41) is 10.4. The molecule has 0 spiro atoms. The van der Waals surface area contributed by atoms with Crippen LogP contribution in [0.1, 0.15) is 0 Å². The predicted molar refractivity (Wildman–Crippen MR) is 237 cm³/mol. The third kappa shape index (κ3) is 5.14. The summed E-state index contributed by atoms with van der Waals surface area (Å²) in [5.74, 6) is 0. The summed E-state index contributed by atoms with van der Waals surface area (Å²) in [4.78, 5) is 4.67. The summed E-state index contributed by atoms with van der Waals surface area (Å²) < 4.78 is 5.35. The first-order chi connectivity index (χ1) is 26.7. The number of hydrogen-bond acceptors (Lipinski definition) is 4. The Morgan fingerprint density at radius 3 is 1.20 bits per heavy atom. The SMILES string of the molecule is c1ccc(N(c2ccccc2)c2ccc3cc4c(cc3c2)sc2c4ccc3sc4cc5cc(N(c6ccccc6)c6ccccc6)ccc5cc4c32)cc1. The zero-order chi connectivity index (χ0) is 35.6. The average molecular weight is 725 g/mol. The van der Waals surface area contributed by atoms with E-state index < -0.39 is 0 Å². The minimum absolute atomic E-state index is 1.14. The molecule has 254 valence electrons. The summed E-state index contributed by atoms with van der Waals surface area (Å²) >= 11 is 3.83. The highest BCUT2D eigenvalue weighted by Crippen LogP contribution is 2.47. The van der Waals surface area contributed by atoms with E-state index >= 15 is 0 Å². The summed E-state index contributed by atoms with van der Waals surface area (Å²) in [6.07, 6.45) is 0. The van der Waals surface area contributed by atoms with Gasteiger partial charge in [-0.15, -0.1) is 22.7 Å². The van der Waals surface area contributed by atoms with E-state index in [1.165, 1.54) is 61.9 Å². The second kappa shape index (κ2) is 12.6. The molecule has 0 unspecified atom stereocenters. The smallest absolute Gasteiger partial charge is 0.0468 e. The molecule has 0 aliphatic rings. The van der Waals surface area contributed by atoms with Crippen molar-refractivity contribution in [2.45, 2.75) is 0 Å². The van der Waals surface area contributed by atoms with Crippen LogP contribution in [0, 0.1) is 0 Å². The Morgan fingerprint density at radius 2 is 0.722 bits per heavy atom. The first kappa shape index (κ1) is 31.1. The van der Waals surface area contributed by atoms with Crippen molar-refractivity contribution < 1.29 is 0 Å². The molecular formula is C50H32N2S2. The number of fused-ring (bicyclic) bond motifs is 9. The van der Waals surface area contributed by atoms with Gasteiger partial charge in [0.1, 0.15) is 0 Å². The molecule has 4 heteroatoms. The fraction of sp³-hybridized carbons (Fsp3) is 0. The fourth-order valence-electron chi connectivity index (χ4n) is 8.04. The molecule has 9 aromatic carbocycles. The van der Waals surface area contributed by atoms with Gasteiger partial charge in [0.25, 0.3) is 0 Å². The standard InChI is InChI=1S/C50H32N2S2/c1-5-13-37(14-6-1)51(38-15-7-2-8-16-38)41-23-21-33-29-44-43-25-26-46-49(50(43)54-47(44)31-35(33)27-41)45-30-34-22-24-42(28-36(34)32-48(45)53-46)52(39-17-9-3-10-18-39)40-19-11-4-12-20-40/h1-32H. The van der Waals surface area contributed by atoms with Crippen molar-refractivity contribution in [2.24, 2.45) is 0 Å². The molecule has 0 amide bonds. The molecule has 0 bridgehead atoms. The molecule has 2 nitrogen and oxygen atoms in total. The molecule has 2 aromatic heterocycles. The van der Waals surface area contributed by atoms with Gasteiger partial charge in [-0.05, 0) is 125 Å². The first-order valence-corrected chi connectivity index (χ1v) is 19.9. The Labute approximate surface area is 321 Å². The number of benzene rings is 9. The van der Waals surface area contributed by atoms with Crippen molar-refractivity contribution in [1.29, 1.82) is 0 Å². The molecule has 0 atom stereocenters. The molecule has 0 N–H and O–H groups in total. The van der Waals surface area contributed by atoms with Gasteiger partial charge < -0.3 is 9.80 Å². The minimum atomic E-state index is 1.14. The summed E-state index contributed by atoms with van der Waals surface area (Å²) in [6, 6.07) is 70.6. The van der Waals surface area contributed by atoms with Gasteiger partial charge in [-0.3, -0.25) is 0 Å². The van der Waals surface area contributed by atoms with Gasteiger partial charge in [0.05, 0.1) is 0 Å². The van der Waals surface area contributed by atoms with Gasteiger partial charge in [0, 0.05) is 74.5 Å². The Bertz CT molecular complexity index is 3070. The maximum atomic E-state index is 2.41. The van der Waals surface area contributed by atoms with Gasteiger partial charge in [-0.25, -0.2) is 0 Å². The van der Waals surface area contributed by atoms with Crippen molar-refractivity contribution in [3.8, 4) is 0 Å². The monoisotopic (exact) mass is 724 g/mol. The van der Waals surface area contributed by atoms with Crippen LogP contribution in [0.25, 0.3) is 61.9 Å². The quantitative estimate of drug-likeness (QED) is 0.168. The zero-order valence-electron chi connectivity index (χ0n) is 29.2. The number of para-hydroxylation sites is 4. The van der Waals surface area contributed by atoms with Crippen molar-refractivity contribution in [3.05, 3.63) is 194 Å². The Morgan fingerprint density at radius 1 is 0.278 bits per heavy atom. The third-order valence-electron chi connectivity index (χ3n) is 10.5. The second-order valence-corrected chi connectivity index (χ2v) is 15.9. The molecule has 0 aliphatic heterocycles. The first-order valence-electron chi connectivity index (χ1n) is 18.2. The van der Waals surface area contributed by atoms with Crippen LogP contribution in [0.3, 0.4) is 0 Å². The minimum Gasteiger partial charge on any atom is -0.310 e. The second-order valence-electron chi connectivity index (χ2n) is 13.8. The van der Waals surface area contributed by atoms with E-state index in [1.807, 2.05) is 22.7 Å². The maximum absolute atomic E-state index is 2.41. The van der Waals surface area contributed by atoms with Crippen LogP contribution in [0.15, 0.2) is 194 Å². The lowest BCUT2D eigenvalue weighted by molar-refractivity contribution is 1.29. The third-order valence-corrected chi connectivity index (χ3v) is 12.8. The molecule has 0 radical (unpaired) electrons. The number of anilines is 6. The highest BCUT2D eigenvalue weighted by atomic mass is 32.1. The summed E-state index contributed by atoms with van der Waals surface area (Å²) in [7, 11) is 0. The molecule has 54 heavy (non-hydrogen) atoms. The fourth-order valence-corrected chi connectivity index (χ4v) is 10.5. The van der Waals surface area contributed by atoms with Gasteiger partial charge >= 0.3 is 0 Å². The van der Waals surface area contributed by atoms with Crippen LogP contribution < -0.4 is 9.80 Å². The van der Waals surface area contributed by atoms with Gasteiger partial charge in [0.15, 0.2) is 0 Å². The van der Waals surface area contributed by atoms with E-state index in [4.69, 9.17) is 0 Å². The Hall–Kier alpha value is -6.46. The summed E-state index contributed by atoms with van der Waals surface area (Å²) in [5.41, 5.74) is 6.88. The largest absolute Gasteiger partial charge is 0.310 e. The zero-order valence-corrected chi connectivity index (χ0v) is 30.8. The Kier molecular flexibility index (Phi) is 7.25. The maximum Gasteiger partial charge on any atom is 0.0468 e. The molecule has 0 saturated carbocycles. The Balaban J connectivity index is 1.04. The number of rotatable bonds is 6. The van der Waals surface area contributed by atoms with Gasteiger partial charge in [0.2, 0.25) is 0 Å². The van der Waals surface area contributed by atoms with Crippen molar-refractivity contribution in [2.75, 3.05) is 9.80 Å². The lowest BCUT2D eigenvalue weighted by Gasteiger charge is -2.25. The molecule has 0 fully saturated rings. The lowest BCUT2D eigenvalue weighted by Crippen LogP contribution is -2.09. The van der Waals surface area contributed by atoms with Crippen molar-refractivity contribution >= 4 is 119 Å². The molecular weight excluding hydrogens is 693 g/mol. The van der Waals surface area contributed by atoms with Crippen LogP contribution in [0.2, 0.25) is 0 Å². The molecule has 11 rings (SSSR count). The van der Waals surface area contributed by atoms with E-state index in [0.717, 1.165) is 34.1 Å². The van der Waals surface area contributed by atoms with Crippen molar-refractivity contribution in [1.82, 2.24) is 0 Å². The lowest BCUT2D eigenvalue weighted by atomic mass is 10.0. The predicted octanol–water partition coefficient (Wildman–Crippen LogP) is 15.7. The highest BCUT2D eigenvalue weighted by Gasteiger charge is 2.18. The van der Waals surface area contributed by atoms with E-state index in [0.29, 0.717) is 0 Å². The topological polar surface area (TPSA) is 6.48 Å². The van der Waals surface area contributed by atoms with Gasteiger partial charge in [-0.2, -0.15) is 0 Å². The number of hydrogen-bond donors (Lipinski definition) is 0. The molecule has 2 heterocycles. The number of thiophene rings is 2. The van der Waals surface area contributed by atoms with Crippen molar-refractivity contribution in [3.63, 3.8) is 0 Å². The van der Waals surface area contributed by atoms with Crippen LogP contribution in [-0.2, 0) is 0 Å². The number of nitrogens with zero attached hydrogens (tertiary/aromatic N) is 2. The van der Waals surface area contributed by atoms with E-state index in [2.05, 4.69) is 204 Å². The summed E-state index contributed by atoms with van der Waals surface area (Å²) in [6.45, 7) is 0. The molecule has 0 aliphatic carbocycles. The molecule has 0 saturated heterocycles. The van der Waals surface area contributed by atoms with Gasteiger partial charge in [-0.1, -0.05) is 91.0 Å². The van der Waals surface area contributed by atoms with E-state index in [1.54, 1.807) is 0 Å². The van der Waals surface area contributed by atoms with Crippen LogP contribution >= 0.6 is 22.7 Å². The van der Waals surface area contributed by atoms with Crippen LogP contribution in [0.5, 0.6) is 0 Å². The van der Waals surface area contributed by atoms with Crippen LogP contribution in [-0.4, -0.2) is 0 Å². The highest BCUT2D eigenvalue weighted by molar-refractivity contribution is 7.29. The average Bonchev–Trinajstić information content (AvgIpc) is 3.78. The van der Waals surface area contributed by atoms with E-state index in [9.17, 15) is 0 Å². The van der Waals surface area contributed by atoms with Crippen LogP contribution in [0.4, 0.5) is 34.1 Å². The normalized spacial score (nSPS) is 11.7. The van der Waals surface area contributed by atoms with E-state index in [-0.39, 0.29) is 0 Å².